The maximum Gasteiger partial charge on any atom is 0.288 e. The molecule has 2 aromatic rings. The van der Waals surface area contributed by atoms with E-state index < -0.39 is 6.04 Å². The number of nitrogens with zero attached hydrogens (tertiary/aromatic N) is 3. The van der Waals surface area contributed by atoms with Gasteiger partial charge in [-0.1, -0.05) is 18.2 Å². The Morgan fingerprint density at radius 1 is 1.24 bits per heavy atom. The molecule has 1 aliphatic rings. The SMILES string of the molecule is Cc1ccc(CNC(=O)C2=N[C@@H](C)C(=O)N(c3ccccc3)N2)n1C. The number of rotatable bonds is 4. The fourth-order valence-corrected chi connectivity index (χ4v) is 2.60. The van der Waals surface area contributed by atoms with Gasteiger partial charge in [-0.05, 0) is 38.1 Å². The smallest absolute Gasteiger partial charge is 0.288 e. The number of para-hydroxylation sites is 1. The summed E-state index contributed by atoms with van der Waals surface area (Å²) in [6.45, 7) is 4.06. The second-order valence-electron chi connectivity index (χ2n) is 5.98. The molecule has 130 valence electrons. The summed E-state index contributed by atoms with van der Waals surface area (Å²) in [4.78, 5) is 29.0. The minimum atomic E-state index is -0.625. The molecule has 0 radical (unpaired) electrons. The van der Waals surface area contributed by atoms with E-state index in [-0.39, 0.29) is 17.6 Å². The maximum absolute atomic E-state index is 12.5. The molecular weight excluding hydrogens is 318 g/mol. The van der Waals surface area contributed by atoms with Crippen LogP contribution in [0.1, 0.15) is 18.3 Å². The zero-order chi connectivity index (χ0) is 18.0. The minimum Gasteiger partial charge on any atom is -0.350 e. The summed E-state index contributed by atoms with van der Waals surface area (Å²) in [6, 6.07) is 12.5. The third kappa shape index (κ3) is 3.40. The van der Waals surface area contributed by atoms with Gasteiger partial charge in [0.1, 0.15) is 6.04 Å². The molecule has 3 rings (SSSR count). The predicted molar refractivity (Wildman–Crippen MR) is 96.0 cm³/mol. The van der Waals surface area contributed by atoms with Crippen molar-refractivity contribution in [1.29, 1.82) is 0 Å². The van der Waals surface area contributed by atoms with Crippen molar-refractivity contribution in [1.82, 2.24) is 15.3 Å². The molecule has 2 heterocycles. The summed E-state index contributed by atoms with van der Waals surface area (Å²) in [5.74, 6) is -0.429. The van der Waals surface area contributed by atoms with Crippen LogP contribution in [0.5, 0.6) is 0 Å². The van der Waals surface area contributed by atoms with Crippen LogP contribution in [-0.2, 0) is 23.2 Å². The van der Waals surface area contributed by atoms with E-state index in [9.17, 15) is 9.59 Å². The highest BCUT2D eigenvalue weighted by atomic mass is 16.2. The first kappa shape index (κ1) is 16.8. The van der Waals surface area contributed by atoms with Crippen molar-refractivity contribution >= 4 is 23.3 Å². The molecule has 0 spiro atoms. The van der Waals surface area contributed by atoms with Crippen molar-refractivity contribution < 1.29 is 9.59 Å². The second kappa shape index (κ2) is 6.80. The molecule has 0 aliphatic carbocycles. The highest BCUT2D eigenvalue weighted by Crippen LogP contribution is 2.16. The molecule has 0 unspecified atom stereocenters. The molecule has 25 heavy (non-hydrogen) atoms. The fourth-order valence-electron chi connectivity index (χ4n) is 2.60. The Balaban J connectivity index is 1.72. The van der Waals surface area contributed by atoms with Crippen molar-refractivity contribution in [3.8, 4) is 0 Å². The van der Waals surface area contributed by atoms with Crippen LogP contribution in [0.25, 0.3) is 0 Å². The van der Waals surface area contributed by atoms with Gasteiger partial charge >= 0.3 is 0 Å². The first-order chi connectivity index (χ1) is 12.0. The van der Waals surface area contributed by atoms with E-state index in [0.717, 1.165) is 11.4 Å². The van der Waals surface area contributed by atoms with Crippen molar-refractivity contribution in [3.05, 3.63) is 53.9 Å². The molecular formula is C18H21N5O2. The van der Waals surface area contributed by atoms with Crippen molar-refractivity contribution in [3.63, 3.8) is 0 Å². The van der Waals surface area contributed by atoms with Gasteiger partial charge in [0.2, 0.25) is 5.84 Å². The van der Waals surface area contributed by atoms with E-state index in [0.29, 0.717) is 12.2 Å². The number of aryl methyl sites for hydroxylation is 1. The Kier molecular flexibility index (Phi) is 4.56. The molecule has 1 aliphatic heterocycles. The number of amidine groups is 1. The number of carbonyl (C=O) groups is 2. The average molecular weight is 339 g/mol. The van der Waals surface area contributed by atoms with Crippen molar-refractivity contribution in [2.75, 3.05) is 5.01 Å². The van der Waals surface area contributed by atoms with E-state index in [2.05, 4.69) is 15.7 Å². The van der Waals surface area contributed by atoms with Crippen LogP contribution >= 0.6 is 0 Å². The molecule has 1 aromatic heterocycles. The average Bonchev–Trinajstić information content (AvgIpc) is 2.94. The maximum atomic E-state index is 12.5. The first-order valence-electron chi connectivity index (χ1n) is 8.10. The number of aromatic nitrogens is 1. The summed E-state index contributed by atoms with van der Waals surface area (Å²) in [5, 5.41) is 4.20. The van der Waals surface area contributed by atoms with Gasteiger partial charge in [0.15, 0.2) is 0 Å². The van der Waals surface area contributed by atoms with Crippen molar-refractivity contribution in [2.24, 2.45) is 12.0 Å². The van der Waals surface area contributed by atoms with Crippen LogP contribution in [0, 0.1) is 6.92 Å². The lowest BCUT2D eigenvalue weighted by Crippen LogP contribution is -2.58. The predicted octanol–water partition coefficient (Wildman–Crippen LogP) is 1.29. The number of nitrogens with one attached hydrogen (secondary N) is 2. The van der Waals surface area contributed by atoms with Gasteiger partial charge < -0.3 is 9.88 Å². The Hall–Kier alpha value is -3.09. The molecule has 0 fully saturated rings. The third-order valence-electron chi connectivity index (χ3n) is 4.25. The lowest BCUT2D eigenvalue weighted by atomic mass is 10.2. The summed E-state index contributed by atoms with van der Waals surface area (Å²) in [6.07, 6.45) is 0. The summed E-state index contributed by atoms with van der Waals surface area (Å²) < 4.78 is 2.01. The number of hydrogen-bond acceptors (Lipinski definition) is 4. The number of carbonyl (C=O) groups excluding carboxylic acids is 2. The van der Waals surface area contributed by atoms with Gasteiger partial charge in [-0.2, -0.15) is 0 Å². The Morgan fingerprint density at radius 3 is 2.60 bits per heavy atom. The van der Waals surface area contributed by atoms with Gasteiger partial charge in [0.05, 0.1) is 12.2 Å². The standard InChI is InChI=1S/C18H21N5O2/c1-12-9-10-15(22(12)3)11-19-17(24)16-20-13(2)18(25)23(21-16)14-7-5-4-6-8-14/h4-10,13H,11H2,1-3H3,(H,19,24)(H,20,21)/t13-/m0/s1. The van der Waals surface area contributed by atoms with Crippen molar-refractivity contribution in [2.45, 2.75) is 26.4 Å². The van der Waals surface area contributed by atoms with Crippen LogP contribution in [-0.4, -0.2) is 28.3 Å². The molecule has 2 N–H and O–H groups in total. The molecule has 2 amide bonds. The lowest BCUT2D eigenvalue weighted by Gasteiger charge is -2.30. The molecule has 1 atom stereocenters. The van der Waals surface area contributed by atoms with Gasteiger partial charge in [-0.3, -0.25) is 15.0 Å². The van der Waals surface area contributed by atoms with Crippen LogP contribution in [0.3, 0.4) is 0 Å². The Labute approximate surface area is 146 Å². The fraction of sp³-hybridized carbons (Fsp3) is 0.278. The topological polar surface area (TPSA) is 78.7 Å². The number of benzene rings is 1. The Morgan fingerprint density at radius 2 is 1.96 bits per heavy atom. The van der Waals surface area contributed by atoms with E-state index in [4.69, 9.17) is 0 Å². The summed E-state index contributed by atoms with van der Waals surface area (Å²) in [7, 11) is 1.95. The lowest BCUT2D eigenvalue weighted by molar-refractivity contribution is -0.120. The molecule has 0 bridgehead atoms. The zero-order valence-corrected chi connectivity index (χ0v) is 14.5. The van der Waals surface area contributed by atoms with E-state index >= 15 is 0 Å². The van der Waals surface area contributed by atoms with Crippen LogP contribution < -0.4 is 15.8 Å². The Bertz CT molecular complexity index is 825. The summed E-state index contributed by atoms with van der Waals surface area (Å²) >= 11 is 0. The van der Waals surface area contributed by atoms with Gasteiger partial charge in [-0.15, -0.1) is 0 Å². The number of anilines is 1. The molecule has 7 nitrogen and oxygen atoms in total. The highest BCUT2D eigenvalue weighted by molar-refractivity contribution is 6.39. The zero-order valence-electron chi connectivity index (χ0n) is 14.5. The molecule has 1 aromatic carbocycles. The van der Waals surface area contributed by atoms with Crippen LogP contribution in [0.15, 0.2) is 47.5 Å². The number of aliphatic imine (C=N–C) groups is 1. The third-order valence-corrected chi connectivity index (χ3v) is 4.25. The highest BCUT2D eigenvalue weighted by Gasteiger charge is 2.30. The van der Waals surface area contributed by atoms with E-state index in [1.165, 1.54) is 5.01 Å². The van der Waals surface area contributed by atoms with E-state index in [1.807, 2.05) is 48.9 Å². The second-order valence-corrected chi connectivity index (χ2v) is 5.98. The van der Waals surface area contributed by atoms with Gasteiger partial charge in [0, 0.05) is 18.4 Å². The first-order valence-corrected chi connectivity index (χ1v) is 8.10. The minimum absolute atomic E-state index is 0.127. The van der Waals surface area contributed by atoms with Crippen LogP contribution in [0.2, 0.25) is 0 Å². The van der Waals surface area contributed by atoms with Crippen LogP contribution in [0.4, 0.5) is 5.69 Å². The summed E-state index contributed by atoms with van der Waals surface area (Å²) in [5.41, 5.74) is 5.59. The normalized spacial score (nSPS) is 17.1. The molecule has 0 saturated carbocycles. The number of hydrogen-bond donors (Lipinski definition) is 2. The largest absolute Gasteiger partial charge is 0.350 e. The monoisotopic (exact) mass is 339 g/mol. The van der Waals surface area contributed by atoms with Gasteiger partial charge in [0.25, 0.3) is 11.8 Å². The molecule has 0 saturated heterocycles. The quantitative estimate of drug-likeness (QED) is 0.881. The molecule has 7 heteroatoms. The van der Waals surface area contributed by atoms with E-state index in [1.54, 1.807) is 19.1 Å². The van der Waals surface area contributed by atoms with Gasteiger partial charge in [-0.25, -0.2) is 10.0 Å². The number of amides is 2. The number of hydrazine groups is 1.